The van der Waals surface area contributed by atoms with E-state index in [1.807, 2.05) is 36.5 Å². The molecule has 0 aliphatic carbocycles. The molecule has 2 aromatic heterocycles. The number of anilines is 1. The van der Waals surface area contributed by atoms with Gasteiger partial charge in [0.2, 0.25) is 0 Å². The van der Waals surface area contributed by atoms with Gasteiger partial charge < -0.3 is 15.2 Å². The van der Waals surface area contributed by atoms with E-state index < -0.39 is 0 Å². The van der Waals surface area contributed by atoms with Crippen molar-refractivity contribution in [2.24, 2.45) is 0 Å². The quantitative estimate of drug-likeness (QED) is 0.620. The highest BCUT2D eigenvalue weighted by molar-refractivity contribution is 5.81. The first kappa shape index (κ1) is 16.5. The smallest absolute Gasteiger partial charge is 0.142 e. The Hall–Kier alpha value is -2.40. The third-order valence-corrected chi connectivity index (χ3v) is 4.29. The molecule has 2 N–H and O–H groups in total. The largest absolute Gasteiger partial charge is 0.369 e. The number of H-pyrrole nitrogens is 1. The average molecular weight is 323 g/mol. The van der Waals surface area contributed by atoms with Crippen LogP contribution in [0.5, 0.6) is 0 Å². The van der Waals surface area contributed by atoms with E-state index in [4.69, 9.17) is 0 Å². The Morgan fingerprint density at radius 2 is 1.92 bits per heavy atom. The van der Waals surface area contributed by atoms with Crippen LogP contribution in [0, 0.1) is 0 Å². The van der Waals surface area contributed by atoms with Crippen molar-refractivity contribution in [1.29, 1.82) is 0 Å². The van der Waals surface area contributed by atoms with E-state index in [0.29, 0.717) is 0 Å². The molecule has 3 aromatic rings. The van der Waals surface area contributed by atoms with E-state index in [0.717, 1.165) is 60.8 Å². The highest BCUT2D eigenvalue weighted by atomic mass is 15.1. The fourth-order valence-electron chi connectivity index (χ4n) is 2.87. The zero-order chi connectivity index (χ0) is 16.8. The number of benzene rings is 1. The van der Waals surface area contributed by atoms with Crippen LogP contribution in [0.4, 0.5) is 5.82 Å². The van der Waals surface area contributed by atoms with Crippen LogP contribution in [0.2, 0.25) is 0 Å². The van der Waals surface area contributed by atoms with Gasteiger partial charge in [-0.2, -0.15) is 0 Å². The molecular weight excluding hydrogens is 298 g/mol. The van der Waals surface area contributed by atoms with Gasteiger partial charge in [-0.25, -0.2) is 9.97 Å². The summed E-state index contributed by atoms with van der Waals surface area (Å²) in [7, 11) is 0. The van der Waals surface area contributed by atoms with Crippen molar-refractivity contribution in [3.8, 4) is 11.4 Å². The Morgan fingerprint density at radius 3 is 2.71 bits per heavy atom. The number of imidazole rings is 1. The van der Waals surface area contributed by atoms with E-state index in [9.17, 15) is 0 Å². The van der Waals surface area contributed by atoms with Gasteiger partial charge in [-0.3, -0.25) is 0 Å². The number of pyridine rings is 1. The number of rotatable bonds is 8. The van der Waals surface area contributed by atoms with Crippen LogP contribution in [0.3, 0.4) is 0 Å². The number of hydrogen-bond acceptors (Lipinski definition) is 4. The number of nitrogens with zero attached hydrogens (tertiary/aromatic N) is 3. The minimum atomic E-state index is 0.857. The van der Waals surface area contributed by atoms with Gasteiger partial charge in [0.15, 0.2) is 0 Å². The van der Waals surface area contributed by atoms with Gasteiger partial charge in [0.25, 0.3) is 0 Å². The van der Waals surface area contributed by atoms with E-state index in [1.54, 1.807) is 0 Å². The molecule has 0 bridgehead atoms. The molecular formula is C19H25N5. The number of fused-ring (bicyclic) bond motifs is 1. The maximum atomic E-state index is 4.68. The summed E-state index contributed by atoms with van der Waals surface area (Å²) < 4.78 is 0. The molecule has 1 aromatic carbocycles. The normalized spacial score (nSPS) is 11.3. The third-order valence-electron chi connectivity index (χ3n) is 4.29. The second kappa shape index (κ2) is 7.93. The van der Waals surface area contributed by atoms with Crippen molar-refractivity contribution < 1.29 is 0 Å². The van der Waals surface area contributed by atoms with Crippen LogP contribution < -0.4 is 5.32 Å². The summed E-state index contributed by atoms with van der Waals surface area (Å²) in [4.78, 5) is 15.0. The first-order valence-electron chi connectivity index (χ1n) is 8.68. The van der Waals surface area contributed by atoms with Gasteiger partial charge in [-0.15, -0.1) is 0 Å². The molecule has 126 valence electrons. The Morgan fingerprint density at radius 1 is 1.08 bits per heavy atom. The molecule has 0 spiro atoms. The summed E-state index contributed by atoms with van der Waals surface area (Å²) in [6.45, 7) is 8.62. The van der Waals surface area contributed by atoms with Crippen LogP contribution in [0.1, 0.15) is 20.3 Å². The summed E-state index contributed by atoms with van der Waals surface area (Å²) in [6, 6.07) is 12.1. The molecule has 24 heavy (non-hydrogen) atoms. The van der Waals surface area contributed by atoms with Gasteiger partial charge in [-0.1, -0.05) is 26.0 Å². The molecule has 0 aliphatic heterocycles. The predicted molar refractivity (Wildman–Crippen MR) is 100 cm³/mol. The lowest BCUT2D eigenvalue weighted by atomic mass is 10.2. The van der Waals surface area contributed by atoms with Crippen LogP contribution >= 0.6 is 0 Å². The molecule has 3 rings (SSSR count). The Balaban J connectivity index is 1.71. The molecule has 5 nitrogen and oxygen atoms in total. The van der Waals surface area contributed by atoms with Crippen molar-refractivity contribution in [2.75, 3.05) is 31.5 Å². The first-order chi connectivity index (χ1) is 11.8. The maximum Gasteiger partial charge on any atom is 0.142 e. The molecule has 2 heterocycles. The Labute approximate surface area is 143 Å². The fourth-order valence-corrected chi connectivity index (χ4v) is 2.87. The van der Waals surface area contributed by atoms with Gasteiger partial charge >= 0.3 is 0 Å². The molecule has 0 saturated carbocycles. The molecule has 0 aliphatic rings. The highest BCUT2D eigenvalue weighted by Crippen LogP contribution is 2.25. The van der Waals surface area contributed by atoms with Gasteiger partial charge in [0.05, 0.1) is 16.6 Å². The lowest BCUT2D eigenvalue weighted by molar-refractivity contribution is 0.303. The number of hydrogen-bond donors (Lipinski definition) is 2. The van der Waals surface area contributed by atoms with Crippen LogP contribution in [-0.4, -0.2) is 46.0 Å². The molecule has 0 atom stereocenters. The predicted octanol–water partition coefficient (Wildman–Crippen LogP) is 3.77. The number of aromatic amines is 1. The Kier molecular flexibility index (Phi) is 5.43. The van der Waals surface area contributed by atoms with Crippen LogP contribution in [0.25, 0.3) is 22.4 Å². The number of para-hydroxylation sites is 2. The van der Waals surface area contributed by atoms with Crippen molar-refractivity contribution in [3.05, 3.63) is 42.6 Å². The maximum absolute atomic E-state index is 4.68. The summed E-state index contributed by atoms with van der Waals surface area (Å²) in [6.07, 6.45) is 2.91. The average Bonchev–Trinajstić information content (AvgIpc) is 3.06. The van der Waals surface area contributed by atoms with Gasteiger partial charge in [0.1, 0.15) is 11.6 Å². The summed E-state index contributed by atoms with van der Waals surface area (Å²) >= 11 is 0. The molecule has 0 fully saturated rings. The lowest BCUT2D eigenvalue weighted by Crippen LogP contribution is -2.25. The molecule has 0 saturated heterocycles. The third kappa shape index (κ3) is 3.74. The Bertz CT molecular complexity index is 743. The van der Waals surface area contributed by atoms with Crippen molar-refractivity contribution in [1.82, 2.24) is 19.9 Å². The van der Waals surface area contributed by atoms with Crippen molar-refractivity contribution in [3.63, 3.8) is 0 Å². The number of aromatic nitrogens is 3. The van der Waals surface area contributed by atoms with E-state index in [2.05, 4.69) is 45.1 Å². The summed E-state index contributed by atoms with van der Waals surface area (Å²) in [5.41, 5.74) is 3.03. The fraction of sp³-hybridized carbons (Fsp3) is 0.368. The molecule has 0 amide bonds. The second-order valence-electron chi connectivity index (χ2n) is 5.81. The van der Waals surface area contributed by atoms with Crippen LogP contribution in [0.15, 0.2) is 42.6 Å². The SMILES string of the molecule is CCN(CC)CCCNc1ncccc1-c1nc2ccccc2[nH]1. The lowest BCUT2D eigenvalue weighted by Gasteiger charge is -2.18. The van der Waals surface area contributed by atoms with Gasteiger partial charge in [-0.05, 0) is 50.3 Å². The zero-order valence-electron chi connectivity index (χ0n) is 14.4. The molecule has 0 radical (unpaired) electrons. The molecule has 5 heteroatoms. The topological polar surface area (TPSA) is 56.8 Å². The van der Waals surface area contributed by atoms with Crippen LogP contribution in [-0.2, 0) is 0 Å². The summed E-state index contributed by atoms with van der Waals surface area (Å²) in [5, 5.41) is 3.46. The zero-order valence-corrected chi connectivity index (χ0v) is 14.4. The minimum Gasteiger partial charge on any atom is -0.369 e. The molecule has 0 unspecified atom stereocenters. The highest BCUT2D eigenvalue weighted by Gasteiger charge is 2.10. The van der Waals surface area contributed by atoms with Crippen molar-refractivity contribution >= 4 is 16.9 Å². The standard InChI is InChI=1S/C19H25N5/c1-3-24(4-2)14-8-13-21-18-15(9-7-12-20-18)19-22-16-10-5-6-11-17(16)23-19/h5-7,9-12H,3-4,8,13-14H2,1-2H3,(H,20,21)(H,22,23). The van der Waals surface area contributed by atoms with E-state index in [1.165, 1.54) is 0 Å². The minimum absolute atomic E-state index is 0.857. The van der Waals surface area contributed by atoms with Gasteiger partial charge in [0, 0.05) is 12.7 Å². The van der Waals surface area contributed by atoms with Crippen molar-refractivity contribution in [2.45, 2.75) is 20.3 Å². The number of nitrogens with one attached hydrogen (secondary N) is 2. The first-order valence-corrected chi connectivity index (χ1v) is 8.68. The van der Waals surface area contributed by atoms with E-state index in [-0.39, 0.29) is 0 Å². The monoisotopic (exact) mass is 323 g/mol. The second-order valence-corrected chi connectivity index (χ2v) is 5.81. The summed E-state index contributed by atoms with van der Waals surface area (Å²) in [5.74, 6) is 1.74. The van der Waals surface area contributed by atoms with E-state index >= 15 is 0 Å².